The molecule has 2 aromatic heterocycles. The third-order valence-electron chi connectivity index (χ3n) is 3.65. The van der Waals surface area contributed by atoms with Gasteiger partial charge in [0.05, 0.1) is 13.1 Å². The first kappa shape index (κ1) is 14.2. The van der Waals surface area contributed by atoms with Crippen molar-refractivity contribution in [1.82, 2.24) is 14.5 Å². The average Bonchev–Trinajstić information content (AvgIpc) is 3.04. The molecule has 21 heavy (non-hydrogen) atoms. The third kappa shape index (κ3) is 3.47. The Balaban J connectivity index is 1.65. The molecule has 0 aromatic carbocycles. The van der Waals surface area contributed by atoms with E-state index < -0.39 is 0 Å². The second kappa shape index (κ2) is 5.22. The maximum Gasteiger partial charge on any atom is 0.328 e. The molecule has 0 saturated heterocycles. The van der Waals surface area contributed by atoms with Gasteiger partial charge >= 0.3 is 5.69 Å². The van der Waals surface area contributed by atoms with Crippen LogP contribution in [0.1, 0.15) is 51.2 Å². The molecule has 2 heterocycles. The second-order valence-corrected chi connectivity index (χ2v) is 6.82. The molecule has 0 spiro atoms. The molecule has 114 valence electrons. The lowest BCUT2D eigenvalue weighted by atomic mass is 10.1. The van der Waals surface area contributed by atoms with E-state index in [0.717, 1.165) is 24.4 Å². The summed E-state index contributed by atoms with van der Waals surface area (Å²) in [5.74, 6) is 1.71. The Labute approximate surface area is 124 Å². The summed E-state index contributed by atoms with van der Waals surface area (Å²) in [4.78, 5) is 12.2. The zero-order valence-electron chi connectivity index (χ0n) is 12.9. The predicted molar refractivity (Wildman–Crippen MR) is 81.4 cm³/mol. The molecular weight excluding hydrogens is 266 g/mol. The van der Waals surface area contributed by atoms with Crippen LogP contribution in [0, 0.1) is 0 Å². The number of furan rings is 1. The summed E-state index contributed by atoms with van der Waals surface area (Å²) in [5, 5.41) is 3.39. The van der Waals surface area contributed by atoms with Crippen LogP contribution in [0.3, 0.4) is 0 Å². The summed E-state index contributed by atoms with van der Waals surface area (Å²) in [6, 6.07) is 4.33. The van der Waals surface area contributed by atoms with Crippen LogP contribution < -0.4 is 11.0 Å². The molecule has 0 amide bonds. The zero-order valence-corrected chi connectivity index (χ0v) is 12.9. The minimum Gasteiger partial charge on any atom is -0.463 e. The van der Waals surface area contributed by atoms with Gasteiger partial charge in [0.25, 0.3) is 0 Å². The van der Waals surface area contributed by atoms with Crippen molar-refractivity contribution in [2.45, 2.75) is 58.3 Å². The minimum absolute atomic E-state index is 0.0586. The summed E-state index contributed by atoms with van der Waals surface area (Å²) in [6.45, 7) is 7.56. The van der Waals surface area contributed by atoms with Gasteiger partial charge in [0.15, 0.2) is 0 Å². The number of hydrogen-bond donors (Lipinski definition) is 1. The first-order valence-electron chi connectivity index (χ1n) is 7.52. The number of nitrogens with one attached hydrogen (secondary N) is 1. The van der Waals surface area contributed by atoms with Gasteiger partial charge in [0, 0.05) is 24.0 Å². The molecule has 1 aliphatic rings. The van der Waals surface area contributed by atoms with Crippen LogP contribution in [0.5, 0.6) is 0 Å². The molecule has 3 rings (SSSR count). The summed E-state index contributed by atoms with van der Waals surface area (Å²) < 4.78 is 9.32. The van der Waals surface area contributed by atoms with Crippen LogP contribution in [0.15, 0.2) is 33.7 Å². The van der Waals surface area contributed by atoms with E-state index in [9.17, 15) is 4.79 Å². The van der Waals surface area contributed by atoms with Crippen LogP contribution in [-0.4, -0.2) is 14.7 Å². The zero-order chi connectivity index (χ0) is 15.0. The van der Waals surface area contributed by atoms with Gasteiger partial charge in [-0.05, 0) is 45.7 Å². The van der Waals surface area contributed by atoms with E-state index in [0.29, 0.717) is 19.1 Å². The molecule has 0 aliphatic heterocycles. The van der Waals surface area contributed by atoms with E-state index in [4.69, 9.17) is 4.42 Å². The molecule has 1 fully saturated rings. The van der Waals surface area contributed by atoms with E-state index in [1.54, 1.807) is 4.57 Å². The third-order valence-corrected chi connectivity index (χ3v) is 3.65. The summed E-state index contributed by atoms with van der Waals surface area (Å²) in [6.07, 6.45) is 5.96. The van der Waals surface area contributed by atoms with E-state index in [1.807, 2.05) is 29.1 Å². The van der Waals surface area contributed by atoms with Crippen LogP contribution >= 0.6 is 0 Å². The highest BCUT2D eigenvalue weighted by molar-refractivity contribution is 5.08. The topological polar surface area (TPSA) is 52.1 Å². The average molecular weight is 289 g/mol. The Hall–Kier alpha value is -1.75. The molecule has 5 heteroatoms. The highest BCUT2D eigenvalue weighted by atomic mass is 16.3. The highest BCUT2D eigenvalue weighted by Gasteiger charge is 2.25. The Morgan fingerprint density at radius 1 is 1.24 bits per heavy atom. The molecular formula is C16H23N3O2. The lowest BCUT2D eigenvalue weighted by Crippen LogP contribution is -2.34. The number of rotatable bonds is 5. The quantitative estimate of drug-likeness (QED) is 0.920. The lowest BCUT2D eigenvalue weighted by molar-refractivity contribution is 0.375. The van der Waals surface area contributed by atoms with Crippen molar-refractivity contribution in [3.8, 4) is 0 Å². The maximum atomic E-state index is 12.2. The Morgan fingerprint density at radius 2 is 1.95 bits per heavy atom. The fourth-order valence-corrected chi connectivity index (χ4v) is 2.30. The van der Waals surface area contributed by atoms with Gasteiger partial charge in [-0.1, -0.05) is 0 Å². The smallest absolute Gasteiger partial charge is 0.328 e. The number of aromatic nitrogens is 2. The largest absolute Gasteiger partial charge is 0.463 e. The summed E-state index contributed by atoms with van der Waals surface area (Å²) >= 11 is 0. The van der Waals surface area contributed by atoms with E-state index in [2.05, 4.69) is 26.1 Å². The molecule has 0 unspecified atom stereocenters. The van der Waals surface area contributed by atoms with Crippen molar-refractivity contribution in [3.63, 3.8) is 0 Å². The van der Waals surface area contributed by atoms with Crippen molar-refractivity contribution >= 4 is 0 Å². The lowest BCUT2D eigenvalue weighted by Gasteiger charge is -2.19. The number of hydrogen-bond acceptors (Lipinski definition) is 3. The normalized spacial score (nSPS) is 15.6. The molecule has 1 N–H and O–H groups in total. The van der Waals surface area contributed by atoms with Gasteiger partial charge in [-0.3, -0.25) is 9.13 Å². The molecule has 1 saturated carbocycles. The van der Waals surface area contributed by atoms with Gasteiger partial charge < -0.3 is 9.73 Å². The summed E-state index contributed by atoms with van der Waals surface area (Å²) in [5.41, 5.74) is 0.119. The van der Waals surface area contributed by atoms with Crippen molar-refractivity contribution in [1.29, 1.82) is 0 Å². The Bertz CT molecular complexity index is 668. The van der Waals surface area contributed by atoms with Crippen molar-refractivity contribution in [2.24, 2.45) is 0 Å². The number of imidazole rings is 1. The maximum absolute atomic E-state index is 12.2. The van der Waals surface area contributed by atoms with E-state index >= 15 is 0 Å². The Kier molecular flexibility index (Phi) is 3.53. The standard InChI is InChI=1S/C16H23N3O2/c1-16(2,3)17-10-13-6-7-14(21-13)11-18-8-9-19(15(18)20)12-4-5-12/h6-9,12,17H,4-5,10-11H2,1-3H3. The van der Waals surface area contributed by atoms with E-state index in [-0.39, 0.29) is 11.2 Å². The molecule has 0 radical (unpaired) electrons. The van der Waals surface area contributed by atoms with Gasteiger partial charge in [0.2, 0.25) is 0 Å². The predicted octanol–water partition coefficient (Wildman–Crippen LogP) is 2.51. The fourth-order valence-electron chi connectivity index (χ4n) is 2.30. The van der Waals surface area contributed by atoms with Gasteiger partial charge in [-0.15, -0.1) is 0 Å². The molecule has 2 aromatic rings. The SMILES string of the molecule is CC(C)(C)NCc1ccc(Cn2ccn(C3CC3)c2=O)o1. The minimum atomic E-state index is 0.0586. The van der Waals surface area contributed by atoms with Gasteiger partial charge in [-0.25, -0.2) is 4.79 Å². The van der Waals surface area contributed by atoms with Crippen molar-refractivity contribution in [2.75, 3.05) is 0 Å². The van der Waals surface area contributed by atoms with E-state index in [1.165, 1.54) is 0 Å². The first-order valence-corrected chi connectivity index (χ1v) is 7.52. The summed E-state index contributed by atoms with van der Waals surface area (Å²) in [7, 11) is 0. The second-order valence-electron chi connectivity index (χ2n) is 6.82. The van der Waals surface area contributed by atoms with Crippen molar-refractivity contribution in [3.05, 3.63) is 46.5 Å². The highest BCUT2D eigenvalue weighted by Crippen LogP contribution is 2.33. The van der Waals surface area contributed by atoms with Gasteiger partial charge in [-0.2, -0.15) is 0 Å². The Morgan fingerprint density at radius 3 is 2.62 bits per heavy atom. The van der Waals surface area contributed by atoms with Crippen LogP contribution in [0.4, 0.5) is 0 Å². The molecule has 0 atom stereocenters. The van der Waals surface area contributed by atoms with Crippen LogP contribution in [0.2, 0.25) is 0 Å². The molecule has 0 bridgehead atoms. The van der Waals surface area contributed by atoms with Gasteiger partial charge in [0.1, 0.15) is 11.5 Å². The van der Waals surface area contributed by atoms with Crippen molar-refractivity contribution < 1.29 is 4.42 Å². The molecule has 1 aliphatic carbocycles. The monoisotopic (exact) mass is 289 g/mol. The first-order chi connectivity index (χ1) is 9.92. The fraction of sp³-hybridized carbons (Fsp3) is 0.562. The number of nitrogens with zero attached hydrogens (tertiary/aromatic N) is 2. The molecule has 5 nitrogen and oxygen atoms in total. The van der Waals surface area contributed by atoms with Crippen LogP contribution in [-0.2, 0) is 13.1 Å². The van der Waals surface area contributed by atoms with Crippen LogP contribution in [0.25, 0.3) is 0 Å².